The molecule has 4 saturated carbocycles. The maximum atomic E-state index is 14.8. The normalized spacial score (nSPS) is 52.6. The lowest BCUT2D eigenvalue weighted by Crippen LogP contribution is -2.68. The second-order valence-electron chi connectivity index (χ2n) is 20.6. The number of carboxylic acids is 3. The number of carboxylic acid groups (broad SMARTS) is 3. The third kappa shape index (κ3) is 6.25. The molecule has 5 aliphatic carbocycles. The topological polar surface area (TPSA) is 267 Å². The zero-order valence-corrected chi connectivity index (χ0v) is 34.4. The van der Waals surface area contributed by atoms with Crippen molar-refractivity contribution >= 4 is 23.7 Å². The summed E-state index contributed by atoms with van der Waals surface area (Å²) in [5.41, 5.74) is -1.81. The molecule has 58 heavy (non-hydrogen) atoms. The summed E-state index contributed by atoms with van der Waals surface area (Å²) in [4.78, 5) is 51.3. The molecule has 2 heterocycles. The average molecular weight is 823 g/mol. The first kappa shape index (κ1) is 43.5. The van der Waals surface area contributed by atoms with E-state index in [0.29, 0.717) is 25.7 Å². The summed E-state index contributed by atoms with van der Waals surface area (Å²) in [7, 11) is 0. The minimum atomic E-state index is -2.05. The van der Waals surface area contributed by atoms with E-state index in [-0.39, 0.29) is 34.4 Å². The van der Waals surface area contributed by atoms with Crippen molar-refractivity contribution in [2.75, 3.05) is 0 Å². The maximum absolute atomic E-state index is 14.8. The van der Waals surface area contributed by atoms with Crippen LogP contribution in [0.15, 0.2) is 11.6 Å². The third-order valence-corrected chi connectivity index (χ3v) is 17.2. The number of ether oxygens (including phenoxy) is 4. The molecule has 0 aromatic carbocycles. The van der Waals surface area contributed by atoms with E-state index < -0.39 is 107 Å². The first-order valence-corrected chi connectivity index (χ1v) is 20.7. The minimum absolute atomic E-state index is 0.0217. The van der Waals surface area contributed by atoms with E-state index in [9.17, 15) is 60.0 Å². The smallest absolute Gasteiger partial charge is 0.335 e. The van der Waals surface area contributed by atoms with Gasteiger partial charge in [-0.05, 0) is 110 Å². The number of aliphatic hydroxyl groups is 5. The highest BCUT2D eigenvalue weighted by atomic mass is 16.8. The summed E-state index contributed by atoms with van der Waals surface area (Å²) in [6.07, 6.45) is -12.2. The van der Waals surface area contributed by atoms with E-state index in [0.717, 1.165) is 37.7 Å². The van der Waals surface area contributed by atoms with Crippen molar-refractivity contribution in [1.82, 2.24) is 0 Å². The lowest BCUT2D eigenvalue weighted by atomic mass is 9.33. The first-order valence-electron chi connectivity index (χ1n) is 20.7. The molecule has 7 rings (SSSR count). The fourth-order valence-electron chi connectivity index (χ4n) is 13.4. The highest BCUT2D eigenvalue weighted by Crippen LogP contribution is 2.75. The van der Waals surface area contributed by atoms with Crippen LogP contribution < -0.4 is 0 Å². The van der Waals surface area contributed by atoms with Gasteiger partial charge in [0.25, 0.3) is 0 Å². The number of ketones is 1. The molecule has 326 valence electrons. The van der Waals surface area contributed by atoms with Crippen molar-refractivity contribution in [1.29, 1.82) is 0 Å². The van der Waals surface area contributed by atoms with Crippen LogP contribution >= 0.6 is 0 Å². The number of fused-ring (bicyclic) bond motifs is 7. The summed E-state index contributed by atoms with van der Waals surface area (Å²) in [5.74, 6) is -4.47. The van der Waals surface area contributed by atoms with E-state index in [1.54, 1.807) is 0 Å². The van der Waals surface area contributed by atoms with Gasteiger partial charge in [-0.25, -0.2) is 9.59 Å². The van der Waals surface area contributed by atoms with Gasteiger partial charge in [0.1, 0.15) is 36.6 Å². The molecule has 16 heteroatoms. The number of aliphatic carboxylic acids is 3. The first-order chi connectivity index (χ1) is 26.8. The molecule has 4 unspecified atom stereocenters. The Morgan fingerprint density at radius 3 is 1.88 bits per heavy atom. The average Bonchev–Trinajstić information content (AvgIpc) is 3.13. The van der Waals surface area contributed by atoms with Gasteiger partial charge in [0.2, 0.25) is 0 Å². The number of rotatable bonds is 7. The predicted octanol–water partition coefficient (Wildman–Crippen LogP) is 2.25. The highest BCUT2D eigenvalue weighted by molar-refractivity contribution is 5.95. The molecule has 0 bridgehead atoms. The predicted molar refractivity (Wildman–Crippen MR) is 199 cm³/mol. The summed E-state index contributed by atoms with van der Waals surface area (Å²) in [6, 6.07) is 0. The quantitative estimate of drug-likeness (QED) is 0.171. The largest absolute Gasteiger partial charge is 0.481 e. The van der Waals surface area contributed by atoms with Gasteiger partial charge in [-0.2, -0.15) is 0 Å². The van der Waals surface area contributed by atoms with Crippen LogP contribution in [-0.4, -0.2) is 132 Å². The number of allylic oxidation sites excluding steroid dienone is 2. The fraction of sp³-hybridized carbons (Fsp3) is 0.857. The Labute approximate surface area is 337 Å². The van der Waals surface area contributed by atoms with Crippen molar-refractivity contribution in [2.24, 2.45) is 50.2 Å². The van der Waals surface area contributed by atoms with Crippen LogP contribution in [0.3, 0.4) is 0 Å². The Kier molecular flexibility index (Phi) is 10.7. The van der Waals surface area contributed by atoms with Crippen molar-refractivity contribution < 1.29 is 79.0 Å². The zero-order chi connectivity index (χ0) is 42.9. The molecule has 0 amide bonds. The molecule has 2 aliphatic heterocycles. The van der Waals surface area contributed by atoms with Gasteiger partial charge in [0.05, 0.1) is 11.5 Å². The standard InChI is InChI=1S/C42H62O16/c1-37(2)21-8-11-42(7)31(20(43)16-18-19-17-39(4,36(53)54)13-12-38(19,3)14-15-41(18,42)6)40(21,5)10-9-22(37)55-35-30(26(47)25(46)29(57-35)33(51)52)58-34-27(48)23(44)24(45)28(56-34)32(49)50/h16,19,21-31,34-35,44-48H,8-15,17H2,1-7H3,(H,49,50)(H,51,52)(H,53,54)/t19-,21-,22-,23-,24-,25-,26-,27?,28?,29?,30?,31+,34-,35+,38+,39-,40-,41+,42+/m0/s1. The Morgan fingerprint density at radius 1 is 0.690 bits per heavy atom. The van der Waals surface area contributed by atoms with Crippen LogP contribution in [0.1, 0.15) is 106 Å². The number of hydrogen-bond donors (Lipinski definition) is 8. The molecule has 7 aliphatic rings. The number of hydrogen-bond acceptors (Lipinski definition) is 13. The minimum Gasteiger partial charge on any atom is -0.481 e. The van der Waals surface area contributed by atoms with Crippen LogP contribution in [0, 0.1) is 50.2 Å². The number of aliphatic hydroxyl groups excluding tert-OH is 5. The lowest BCUT2D eigenvalue weighted by Gasteiger charge is -2.70. The van der Waals surface area contributed by atoms with Gasteiger partial charge >= 0.3 is 17.9 Å². The molecule has 0 aromatic rings. The molecule has 6 fully saturated rings. The van der Waals surface area contributed by atoms with Crippen molar-refractivity contribution in [2.45, 2.75) is 174 Å². The molecule has 0 spiro atoms. The van der Waals surface area contributed by atoms with Gasteiger partial charge in [0.15, 0.2) is 30.6 Å². The van der Waals surface area contributed by atoms with E-state index in [4.69, 9.17) is 18.9 Å². The molecule has 16 nitrogen and oxygen atoms in total. The number of carbonyl (C=O) groups is 4. The van der Waals surface area contributed by atoms with Crippen LogP contribution in [0.5, 0.6) is 0 Å². The Hall–Kier alpha value is -2.54. The van der Waals surface area contributed by atoms with Gasteiger partial charge in [-0.1, -0.05) is 47.1 Å². The van der Waals surface area contributed by atoms with E-state index in [1.165, 1.54) is 0 Å². The molecule has 0 radical (unpaired) electrons. The summed E-state index contributed by atoms with van der Waals surface area (Å²) < 4.78 is 23.4. The molecule has 8 N–H and O–H groups in total. The summed E-state index contributed by atoms with van der Waals surface area (Å²) in [6.45, 7) is 14.8. The van der Waals surface area contributed by atoms with Gasteiger partial charge in [-0.3, -0.25) is 9.59 Å². The van der Waals surface area contributed by atoms with E-state index >= 15 is 0 Å². The van der Waals surface area contributed by atoms with Crippen LogP contribution in [0.25, 0.3) is 0 Å². The van der Waals surface area contributed by atoms with Gasteiger partial charge in [-0.15, -0.1) is 0 Å². The van der Waals surface area contributed by atoms with Crippen LogP contribution in [0.4, 0.5) is 0 Å². The Balaban J connectivity index is 1.17. The maximum Gasteiger partial charge on any atom is 0.335 e. The summed E-state index contributed by atoms with van der Waals surface area (Å²) in [5, 5.41) is 83.0. The molecule has 0 aromatic heterocycles. The molecule has 2 saturated heterocycles. The SMILES string of the molecule is CC1(C)[C@@H](O[C@@H]2OC(C(=O)O)[C@@H](O)[C@H](O)C2O[C@@H]2OC(C(=O)O)[C@@H](O)[C@H](O)C2O)CC[C@]2(C)[C@H]3C(=O)C=C4[C@@H]5C[C@@](C)(C(=O)O)CC[C@]5(C)CC[C@@]4(C)[C@]3(C)CC[C@@H]12. The highest BCUT2D eigenvalue weighted by Gasteiger charge is 2.71. The van der Waals surface area contributed by atoms with Crippen LogP contribution in [0.2, 0.25) is 0 Å². The van der Waals surface area contributed by atoms with E-state index in [2.05, 4.69) is 27.7 Å². The van der Waals surface area contributed by atoms with Gasteiger partial charge < -0.3 is 59.8 Å². The third-order valence-electron chi connectivity index (χ3n) is 17.2. The lowest BCUT2D eigenvalue weighted by molar-refractivity contribution is -0.371. The molecular weight excluding hydrogens is 760 g/mol. The second kappa shape index (κ2) is 14.3. The molecular formula is C42H62O16. The zero-order valence-electron chi connectivity index (χ0n) is 34.4. The number of carbonyl (C=O) groups excluding carboxylic acids is 1. The van der Waals surface area contributed by atoms with Crippen molar-refractivity contribution in [3.8, 4) is 0 Å². The Bertz CT molecular complexity index is 1730. The second-order valence-corrected chi connectivity index (χ2v) is 20.6. The van der Waals surface area contributed by atoms with Gasteiger partial charge in [0, 0.05) is 5.92 Å². The molecule has 19 atom stereocenters. The van der Waals surface area contributed by atoms with Crippen LogP contribution in [-0.2, 0) is 38.1 Å². The summed E-state index contributed by atoms with van der Waals surface area (Å²) >= 11 is 0. The van der Waals surface area contributed by atoms with Crippen molar-refractivity contribution in [3.05, 3.63) is 11.6 Å². The Morgan fingerprint density at radius 2 is 1.28 bits per heavy atom. The monoisotopic (exact) mass is 822 g/mol. The van der Waals surface area contributed by atoms with E-state index in [1.807, 2.05) is 26.8 Å². The fourth-order valence-corrected chi connectivity index (χ4v) is 13.4. The van der Waals surface area contributed by atoms with Crippen molar-refractivity contribution in [3.63, 3.8) is 0 Å².